The predicted molar refractivity (Wildman–Crippen MR) is 166 cm³/mol. The zero-order valence-electron chi connectivity index (χ0n) is 26.0. The van der Waals surface area contributed by atoms with Crippen LogP contribution < -0.4 is 4.74 Å². The number of benzene rings is 2. The van der Waals surface area contributed by atoms with E-state index in [-0.39, 0.29) is 51.1 Å². The van der Waals surface area contributed by atoms with Crippen molar-refractivity contribution in [3.05, 3.63) is 101 Å². The second kappa shape index (κ2) is 14.2. The van der Waals surface area contributed by atoms with Gasteiger partial charge in [0.25, 0.3) is 0 Å². The summed E-state index contributed by atoms with van der Waals surface area (Å²) in [6, 6.07) is 10.7. The molecule has 7 nitrogen and oxygen atoms in total. The molecule has 4 aromatic rings. The molecule has 48 heavy (non-hydrogen) atoms. The van der Waals surface area contributed by atoms with Crippen LogP contribution >= 0.6 is 0 Å². The molecule has 1 amide bonds. The Kier molecular flexibility index (Phi) is 10.2. The van der Waals surface area contributed by atoms with E-state index in [1.807, 2.05) is 0 Å². The third-order valence-electron chi connectivity index (χ3n) is 7.88. The number of nitrogens with zero attached hydrogens (tertiary/aromatic N) is 4. The maximum absolute atomic E-state index is 14.5. The molecule has 254 valence electrons. The number of fused-ring (bicyclic) bond motifs is 1. The van der Waals surface area contributed by atoms with E-state index >= 15 is 0 Å². The Bertz CT molecular complexity index is 1790. The topological polar surface area (TPSA) is 74.3 Å². The lowest BCUT2D eigenvalue weighted by atomic mass is 9.87. The number of carbonyl (C=O) groups excluding carboxylic acids is 1. The number of aromatic nitrogens is 3. The third kappa shape index (κ3) is 8.59. The van der Waals surface area contributed by atoms with Crippen molar-refractivity contribution in [1.82, 2.24) is 25.0 Å². The lowest BCUT2D eigenvalue weighted by Crippen LogP contribution is -2.41. The Morgan fingerprint density at radius 2 is 1.73 bits per heavy atom. The van der Waals surface area contributed by atoms with Gasteiger partial charge in [-0.2, -0.15) is 30.7 Å². The summed E-state index contributed by atoms with van der Waals surface area (Å²) in [4.78, 5) is 19.8. The van der Waals surface area contributed by atoms with Crippen molar-refractivity contribution >= 4 is 28.0 Å². The molecule has 1 aliphatic heterocycles. The predicted octanol–water partition coefficient (Wildman–Crippen LogP) is 7.51. The average Bonchev–Trinajstić information content (AvgIpc) is 3.40. The number of likely N-dealkylation sites (tertiary alicyclic amines) is 1. The van der Waals surface area contributed by atoms with Crippen LogP contribution in [-0.4, -0.2) is 76.9 Å². The first-order valence-electron chi connectivity index (χ1n) is 15.0. The number of nitrogens with one attached hydrogen (secondary N) is 1. The maximum Gasteiger partial charge on any atom is 0.416 e. The number of hydrogen-bond donors (Lipinski definition) is 1. The van der Waals surface area contributed by atoms with Gasteiger partial charge in [-0.05, 0) is 72.0 Å². The molecule has 1 aliphatic rings. The zero-order valence-corrected chi connectivity index (χ0v) is 26.0. The van der Waals surface area contributed by atoms with Gasteiger partial charge in [0.2, 0.25) is 17.7 Å². The van der Waals surface area contributed by atoms with Crippen LogP contribution in [0.15, 0.2) is 72.9 Å². The highest BCUT2D eigenvalue weighted by Crippen LogP contribution is 2.41. The van der Waals surface area contributed by atoms with Crippen LogP contribution in [0.2, 0.25) is 0 Å². The largest absolute Gasteiger partial charge is 0.473 e. The number of pyridine rings is 1. The molecule has 0 aliphatic carbocycles. The number of allylic oxidation sites excluding steroid dienone is 1. The minimum absolute atomic E-state index is 0.0107. The smallest absolute Gasteiger partial charge is 0.416 e. The van der Waals surface area contributed by atoms with Crippen LogP contribution in [0.5, 0.6) is 5.88 Å². The number of ether oxygens (including phenoxy) is 1. The number of alkyl halides is 6. The van der Waals surface area contributed by atoms with E-state index in [2.05, 4.69) is 20.1 Å². The van der Waals surface area contributed by atoms with Gasteiger partial charge in [0, 0.05) is 51.1 Å². The fourth-order valence-electron chi connectivity index (χ4n) is 5.54. The summed E-state index contributed by atoms with van der Waals surface area (Å²) in [6.07, 6.45) is -4.94. The Morgan fingerprint density at radius 3 is 2.38 bits per heavy atom. The molecule has 1 saturated heterocycles. The summed E-state index contributed by atoms with van der Waals surface area (Å²) in [5, 5.41) is 6.05. The van der Waals surface area contributed by atoms with E-state index in [1.54, 1.807) is 20.2 Å². The number of amides is 1. The summed E-state index contributed by atoms with van der Waals surface area (Å²) in [5.41, 5.74) is -0.705. The highest BCUT2D eigenvalue weighted by Gasteiger charge is 2.34. The number of H-pyrrole nitrogens is 1. The van der Waals surface area contributed by atoms with Crippen LogP contribution in [0.4, 0.5) is 30.7 Å². The van der Waals surface area contributed by atoms with Crippen molar-refractivity contribution in [3.8, 4) is 5.88 Å². The number of halogens is 7. The summed E-state index contributed by atoms with van der Waals surface area (Å²) in [7, 11) is 3.33. The molecule has 0 bridgehead atoms. The first-order chi connectivity index (χ1) is 22.7. The Balaban J connectivity index is 1.50. The molecule has 0 radical (unpaired) electrons. The fourth-order valence-corrected chi connectivity index (χ4v) is 5.54. The minimum atomic E-state index is -4.74. The molecule has 0 spiro atoms. The van der Waals surface area contributed by atoms with Crippen molar-refractivity contribution in [2.75, 3.05) is 33.7 Å². The van der Waals surface area contributed by atoms with E-state index in [0.29, 0.717) is 18.6 Å². The van der Waals surface area contributed by atoms with E-state index in [0.717, 1.165) is 43.7 Å². The Hall–Kier alpha value is -4.72. The van der Waals surface area contributed by atoms with Gasteiger partial charge in [-0.1, -0.05) is 24.3 Å². The highest BCUT2D eigenvalue weighted by atomic mass is 19.4. The number of piperidine rings is 1. The average molecular weight is 676 g/mol. The molecule has 1 N–H and O–H groups in total. The van der Waals surface area contributed by atoms with Crippen LogP contribution in [0.3, 0.4) is 0 Å². The van der Waals surface area contributed by atoms with Crippen molar-refractivity contribution < 1.29 is 40.3 Å². The third-order valence-corrected chi connectivity index (χ3v) is 7.88. The molecule has 1 fully saturated rings. The first-order valence-corrected chi connectivity index (χ1v) is 15.0. The van der Waals surface area contributed by atoms with Crippen molar-refractivity contribution in [3.63, 3.8) is 0 Å². The number of carbonyl (C=O) groups is 1. The van der Waals surface area contributed by atoms with Gasteiger partial charge in [-0.3, -0.25) is 14.8 Å². The van der Waals surface area contributed by atoms with Gasteiger partial charge in [-0.15, -0.1) is 5.10 Å². The van der Waals surface area contributed by atoms with Gasteiger partial charge >= 0.3 is 12.4 Å². The quantitative estimate of drug-likeness (QED) is 0.113. The normalized spacial score (nSPS) is 16.7. The van der Waals surface area contributed by atoms with Gasteiger partial charge in [0.15, 0.2) is 0 Å². The number of aromatic amines is 1. The summed E-state index contributed by atoms with van der Waals surface area (Å²) < 4.78 is 103. The molecule has 1 unspecified atom stereocenters. The molecular formula is C34H32F7N5O2. The second-order valence-electron chi connectivity index (χ2n) is 11.7. The van der Waals surface area contributed by atoms with Crippen LogP contribution in [-0.2, 0) is 11.0 Å². The van der Waals surface area contributed by atoms with E-state index in [9.17, 15) is 35.5 Å². The monoisotopic (exact) mass is 675 g/mol. The standard InChI is InChI=1S/C34H32F7N5O2/c1-45(2)30(47)6-4-16-46-15-3-5-25(20-46)48-29-14-10-23(19-42-29)31(22-9-13-28-26(17-22)32(35)44-43-28)27(18-33(36,37)38)21-7-11-24(12-8-21)34(39,40)41/h4,6-14,17,19,25H,3,5,15-16,18,20H2,1-2H3,(H,43,44)/b6-4?,31-27-. The van der Waals surface area contributed by atoms with Gasteiger partial charge in [-0.25, -0.2) is 4.98 Å². The van der Waals surface area contributed by atoms with Crippen LogP contribution in [0.25, 0.3) is 22.0 Å². The first kappa shape index (κ1) is 34.6. The molecule has 2 aromatic carbocycles. The van der Waals surface area contributed by atoms with Gasteiger partial charge in [0.1, 0.15) is 6.10 Å². The van der Waals surface area contributed by atoms with Crippen LogP contribution in [0.1, 0.15) is 41.5 Å². The summed E-state index contributed by atoms with van der Waals surface area (Å²) >= 11 is 0. The van der Waals surface area contributed by atoms with Gasteiger partial charge < -0.3 is 9.64 Å². The lowest BCUT2D eigenvalue weighted by molar-refractivity contribution is -0.137. The summed E-state index contributed by atoms with van der Waals surface area (Å²) in [5.74, 6) is -0.753. The molecule has 5 rings (SSSR count). The zero-order chi connectivity index (χ0) is 34.6. The fraction of sp³-hybridized carbons (Fsp3) is 0.324. The maximum atomic E-state index is 14.5. The molecule has 1 atom stereocenters. The number of hydrogen-bond acceptors (Lipinski definition) is 5. The van der Waals surface area contributed by atoms with Crippen LogP contribution in [0, 0.1) is 5.95 Å². The SMILES string of the molecule is CN(C)C(=O)C=CCN1CCCC(Oc2ccc(/C(=C(/CC(F)(F)F)c3ccc(C(F)(F)F)cc3)c3ccc4[nH]nc(F)c4c3)cn2)C1. The van der Waals surface area contributed by atoms with E-state index < -0.39 is 30.3 Å². The van der Waals surface area contributed by atoms with Crippen molar-refractivity contribution in [2.24, 2.45) is 0 Å². The molecule has 3 heterocycles. The second-order valence-corrected chi connectivity index (χ2v) is 11.7. The molecule has 14 heteroatoms. The lowest BCUT2D eigenvalue weighted by Gasteiger charge is -2.31. The van der Waals surface area contributed by atoms with E-state index in [4.69, 9.17) is 4.74 Å². The highest BCUT2D eigenvalue weighted by molar-refractivity contribution is 6.00. The minimum Gasteiger partial charge on any atom is -0.473 e. The molecule has 2 aromatic heterocycles. The van der Waals surface area contributed by atoms with Crippen molar-refractivity contribution in [2.45, 2.75) is 37.7 Å². The number of rotatable bonds is 9. The summed E-state index contributed by atoms with van der Waals surface area (Å²) in [6.45, 7) is 1.93. The van der Waals surface area contributed by atoms with Gasteiger partial charge in [0.05, 0.1) is 22.9 Å². The Labute approximate surface area is 271 Å². The number of likely N-dealkylation sites (N-methyl/N-ethyl adjacent to an activating group) is 1. The molecule has 0 saturated carbocycles. The molecular weight excluding hydrogens is 643 g/mol. The van der Waals surface area contributed by atoms with E-state index in [1.165, 1.54) is 47.5 Å². The Morgan fingerprint density at radius 1 is 1.02 bits per heavy atom. The van der Waals surface area contributed by atoms with Crippen molar-refractivity contribution in [1.29, 1.82) is 0 Å².